The van der Waals surface area contributed by atoms with Crippen molar-refractivity contribution in [2.45, 2.75) is 46.0 Å². The van der Waals surface area contributed by atoms with Gasteiger partial charge >= 0.3 is 0 Å². The van der Waals surface area contributed by atoms with Crippen LogP contribution in [0.1, 0.15) is 54.6 Å². The van der Waals surface area contributed by atoms with Gasteiger partial charge in [0.05, 0.1) is 23.1 Å². The summed E-state index contributed by atoms with van der Waals surface area (Å²) in [7, 11) is 0. The third-order valence-corrected chi connectivity index (χ3v) is 7.55. The van der Waals surface area contributed by atoms with E-state index in [4.69, 9.17) is 0 Å². The number of imide groups is 1. The molecule has 5 nitrogen and oxygen atoms in total. The highest BCUT2D eigenvalue weighted by molar-refractivity contribution is 6.25. The smallest absolute Gasteiger partial charge is 0.257 e. The van der Waals surface area contributed by atoms with E-state index >= 15 is 0 Å². The van der Waals surface area contributed by atoms with Gasteiger partial charge in [-0.05, 0) is 67.2 Å². The van der Waals surface area contributed by atoms with Crippen LogP contribution in [0.5, 0.6) is 0 Å². The summed E-state index contributed by atoms with van der Waals surface area (Å²) in [5.41, 5.74) is 3.76. The average Bonchev–Trinajstić information content (AvgIpc) is 3.47. The molecule has 0 spiro atoms. The van der Waals surface area contributed by atoms with Gasteiger partial charge in [-0.2, -0.15) is 0 Å². The van der Waals surface area contributed by atoms with E-state index in [9.17, 15) is 14.4 Å². The maximum atomic E-state index is 13.4. The first-order chi connectivity index (χ1) is 15.0. The fourth-order valence-electron chi connectivity index (χ4n) is 6.09. The van der Waals surface area contributed by atoms with Gasteiger partial charge < -0.3 is 5.32 Å². The van der Waals surface area contributed by atoms with E-state index in [2.05, 4.69) is 19.2 Å². The summed E-state index contributed by atoms with van der Waals surface area (Å²) in [6.45, 7) is 4.12. The number of fused-ring (bicyclic) bond motifs is 5. The second-order valence-corrected chi connectivity index (χ2v) is 9.03. The summed E-state index contributed by atoms with van der Waals surface area (Å²) in [4.78, 5) is 41.3. The predicted octanol–water partition coefficient (Wildman–Crippen LogP) is 4.60. The molecule has 2 saturated carbocycles. The Labute approximate surface area is 182 Å². The lowest BCUT2D eigenvalue weighted by Crippen LogP contribution is -2.34. The van der Waals surface area contributed by atoms with Gasteiger partial charge in [-0.1, -0.05) is 44.2 Å². The van der Waals surface area contributed by atoms with Crippen LogP contribution >= 0.6 is 0 Å². The first-order valence-corrected chi connectivity index (χ1v) is 11.4. The molecule has 5 heteroatoms. The number of carbonyl (C=O) groups excluding carboxylic acids is 3. The molecule has 1 aliphatic heterocycles. The highest BCUT2D eigenvalue weighted by Gasteiger charge is 2.61. The number of benzene rings is 2. The Kier molecular flexibility index (Phi) is 4.92. The predicted molar refractivity (Wildman–Crippen MR) is 120 cm³/mol. The number of hydrogen-bond donors (Lipinski definition) is 1. The van der Waals surface area contributed by atoms with E-state index in [-0.39, 0.29) is 29.6 Å². The Morgan fingerprint density at radius 3 is 2.06 bits per heavy atom. The van der Waals surface area contributed by atoms with Crippen molar-refractivity contribution in [3.05, 3.63) is 59.2 Å². The molecule has 0 aromatic heterocycles. The van der Waals surface area contributed by atoms with Gasteiger partial charge in [-0.25, -0.2) is 4.90 Å². The van der Waals surface area contributed by atoms with Gasteiger partial charge in [-0.15, -0.1) is 0 Å². The third kappa shape index (κ3) is 3.01. The van der Waals surface area contributed by atoms with E-state index < -0.39 is 0 Å². The molecule has 0 radical (unpaired) electrons. The number of nitrogens with one attached hydrogen (secondary N) is 1. The van der Waals surface area contributed by atoms with Crippen LogP contribution < -0.4 is 10.2 Å². The zero-order valence-corrected chi connectivity index (χ0v) is 18.1. The summed E-state index contributed by atoms with van der Waals surface area (Å²) >= 11 is 0. The summed E-state index contributed by atoms with van der Waals surface area (Å²) < 4.78 is 0. The number of para-hydroxylation sites is 2. The van der Waals surface area contributed by atoms with E-state index in [0.29, 0.717) is 23.1 Å². The molecular formula is C26H28N2O3. The van der Waals surface area contributed by atoms with Crippen LogP contribution in [0, 0.1) is 23.7 Å². The van der Waals surface area contributed by atoms with Crippen molar-refractivity contribution < 1.29 is 14.4 Å². The molecule has 4 atom stereocenters. The van der Waals surface area contributed by atoms with Gasteiger partial charge in [0.1, 0.15) is 0 Å². The molecule has 1 saturated heterocycles. The highest BCUT2D eigenvalue weighted by atomic mass is 16.2. The number of rotatable bonds is 5. The lowest BCUT2D eigenvalue weighted by Gasteiger charge is -2.21. The summed E-state index contributed by atoms with van der Waals surface area (Å²) in [6.07, 6.45) is 4.68. The number of anilines is 2. The first kappa shape index (κ1) is 20.0. The summed E-state index contributed by atoms with van der Waals surface area (Å²) in [5.74, 6) is -0.283. The van der Waals surface area contributed by atoms with E-state index in [1.165, 1.54) is 4.90 Å². The number of nitrogens with zero attached hydrogens (tertiary/aromatic N) is 1. The normalized spacial score (nSPS) is 26.5. The van der Waals surface area contributed by atoms with Crippen LogP contribution in [0.25, 0.3) is 0 Å². The monoisotopic (exact) mass is 416 g/mol. The van der Waals surface area contributed by atoms with Crippen LogP contribution in [0.4, 0.5) is 11.4 Å². The molecule has 2 aromatic rings. The zero-order valence-electron chi connectivity index (χ0n) is 18.1. The van der Waals surface area contributed by atoms with E-state index in [0.717, 1.165) is 48.9 Å². The third-order valence-electron chi connectivity index (χ3n) is 7.55. The molecule has 3 aliphatic rings. The Hall–Kier alpha value is -2.95. The van der Waals surface area contributed by atoms with Gasteiger partial charge in [0.25, 0.3) is 5.91 Å². The lowest BCUT2D eigenvalue weighted by atomic mass is 9.81. The van der Waals surface area contributed by atoms with E-state index in [1.807, 2.05) is 18.2 Å². The minimum atomic E-state index is -0.285. The maximum absolute atomic E-state index is 13.4. The average molecular weight is 417 g/mol. The van der Waals surface area contributed by atoms with Gasteiger partial charge in [0.2, 0.25) is 11.8 Å². The van der Waals surface area contributed by atoms with E-state index in [1.54, 1.807) is 24.3 Å². The number of aryl methyl sites for hydroxylation is 2. The maximum Gasteiger partial charge on any atom is 0.257 e. The van der Waals surface area contributed by atoms with Gasteiger partial charge in [0, 0.05) is 5.69 Å². The molecule has 160 valence electrons. The zero-order chi connectivity index (χ0) is 21.7. The number of carbonyl (C=O) groups is 3. The molecule has 2 aromatic carbocycles. The van der Waals surface area contributed by atoms with Crippen molar-refractivity contribution in [3.8, 4) is 0 Å². The molecule has 31 heavy (non-hydrogen) atoms. The summed E-state index contributed by atoms with van der Waals surface area (Å²) in [5, 5.41) is 3.08. The molecule has 1 N–H and O–H groups in total. The standard InChI is InChI=1S/C26H28N2O3/c1-3-15-8-7-9-16(4-2)23(15)27-24(29)19-10-5-6-11-20(19)28-25(30)21-17-12-13-18(14-17)22(21)26(28)31/h5-11,17-18,21-22H,3-4,12-14H2,1-2H3,(H,27,29)/t17-,18+,21-,22-/m0/s1. The molecule has 3 amide bonds. The number of hydrogen-bond acceptors (Lipinski definition) is 3. The van der Waals surface area contributed by atoms with Crippen LogP contribution in [0.15, 0.2) is 42.5 Å². The van der Waals surface area contributed by atoms with Crippen molar-refractivity contribution in [2.75, 3.05) is 10.2 Å². The Balaban J connectivity index is 1.49. The highest BCUT2D eigenvalue weighted by Crippen LogP contribution is 2.56. The molecule has 1 heterocycles. The molecule has 2 bridgehead atoms. The van der Waals surface area contributed by atoms with Gasteiger partial charge in [0.15, 0.2) is 0 Å². The Morgan fingerprint density at radius 1 is 0.903 bits per heavy atom. The van der Waals surface area contributed by atoms with Crippen molar-refractivity contribution >= 4 is 29.1 Å². The Bertz CT molecular complexity index is 1030. The quantitative estimate of drug-likeness (QED) is 0.725. The van der Waals surface area contributed by atoms with Crippen LogP contribution in [0.2, 0.25) is 0 Å². The Morgan fingerprint density at radius 2 is 1.48 bits per heavy atom. The van der Waals surface area contributed by atoms with Gasteiger partial charge in [-0.3, -0.25) is 14.4 Å². The minimum Gasteiger partial charge on any atom is -0.321 e. The molecular weight excluding hydrogens is 388 g/mol. The second-order valence-electron chi connectivity index (χ2n) is 9.03. The van der Waals surface area contributed by atoms with Crippen LogP contribution in [-0.4, -0.2) is 17.7 Å². The molecule has 3 fully saturated rings. The van der Waals surface area contributed by atoms with Crippen molar-refractivity contribution in [3.63, 3.8) is 0 Å². The topological polar surface area (TPSA) is 66.5 Å². The first-order valence-electron chi connectivity index (χ1n) is 11.4. The van der Waals surface area contributed by atoms with Crippen LogP contribution in [-0.2, 0) is 22.4 Å². The second kappa shape index (κ2) is 7.63. The minimum absolute atomic E-state index is 0.120. The van der Waals surface area contributed by atoms with Crippen molar-refractivity contribution in [1.29, 1.82) is 0 Å². The SMILES string of the molecule is CCc1cccc(CC)c1NC(=O)c1ccccc1N1C(=O)[C@H]2[C@@H]3CC[C@@H](C3)[C@@H]2C1=O. The molecule has 2 aliphatic carbocycles. The fraction of sp³-hybridized carbons (Fsp3) is 0.423. The molecule has 5 rings (SSSR count). The fourth-order valence-corrected chi connectivity index (χ4v) is 6.09. The van der Waals surface area contributed by atoms with Crippen molar-refractivity contribution in [2.24, 2.45) is 23.7 Å². The summed E-state index contributed by atoms with van der Waals surface area (Å²) in [6, 6.07) is 13.0. The van der Waals surface area contributed by atoms with Crippen molar-refractivity contribution in [1.82, 2.24) is 0 Å². The van der Waals surface area contributed by atoms with Crippen LogP contribution in [0.3, 0.4) is 0 Å². The molecule has 0 unspecified atom stereocenters. The lowest BCUT2D eigenvalue weighted by molar-refractivity contribution is -0.123. The largest absolute Gasteiger partial charge is 0.321 e. The number of amides is 3.